The minimum Gasteiger partial charge on any atom is -0.454 e. The molecule has 1 N–H and O–H groups in total. The van der Waals surface area contributed by atoms with Gasteiger partial charge in [0.1, 0.15) is 5.69 Å². The van der Waals surface area contributed by atoms with Gasteiger partial charge in [-0.3, -0.25) is 14.9 Å². The maximum Gasteiger partial charge on any atom is 0.338 e. The number of nitro benzene ring substituents is 1. The highest BCUT2D eigenvalue weighted by Crippen LogP contribution is 2.35. The fourth-order valence-electron chi connectivity index (χ4n) is 4.31. The third-order valence-corrected chi connectivity index (χ3v) is 5.61. The molecule has 2 aliphatic rings. The van der Waals surface area contributed by atoms with Crippen LogP contribution in [0.5, 0.6) is 11.5 Å². The number of nitrogens with zero attached hydrogens (tertiary/aromatic N) is 2. The molecule has 1 saturated heterocycles. The molecule has 4 rings (SSSR count). The quantitative estimate of drug-likeness (QED) is 0.399. The summed E-state index contributed by atoms with van der Waals surface area (Å²) in [7, 11) is 0. The van der Waals surface area contributed by atoms with Crippen LogP contribution in [0.2, 0.25) is 0 Å². The van der Waals surface area contributed by atoms with E-state index in [-0.39, 0.29) is 18.0 Å². The van der Waals surface area contributed by atoms with E-state index in [1.807, 2.05) is 4.90 Å². The van der Waals surface area contributed by atoms with Crippen LogP contribution < -0.4 is 19.7 Å². The van der Waals surface area contributed by atoms with Gasteiger partial charge in [-0.2, -0.15) is 0 Å². The summed E-state index contributed by atoms with van der Waals surface area (Å²) in [4.78, 5) is 37.8. The number of hydrogen-bond donors (Lipinski definition) is 1. The van der Waals surface area contributed by atoms with Crippen molar-refractivity contribution in [3.8, 4) is 11.5 Å². The molecule has 0 aromatic heterocycles. The molecule has 0 aliphatic carbocycles. The van der Waals surface area contributed by atoms with E-state index in [4.69, 9.17) is 14.2 Å². The topological polar surface area (TPSA) is 120 Å². The molecular formula is C23H25N3O7. The molecule has 10 heteroatoms. The molecule has 2 unspecified atom stereocenters. The van der Waals surface area contributed by atoms with Gasteiger partial charge in [0.15, 0.2) is 18.1 Å². The van der Waals surface area contributed by atoms with E-state index in [1.165, 1.54) is 12.1 Å². The second-order valence-corrected chi connectivity index (χ2v) is 8.50. The Morgan fingerprint density at radius 2 is 1.85 bits per heavy atom. The van der Waals surface area contributed by atoms with Gasteiger partial charge in [-0.05, 0) is 42.5 Å². The summed E-state index contributed by atoms with van der Waals surface area (Å²) in [6.45, 7) is 5.25. The van der Waals surface area contributed by atoms with E-state index in [9.17, 15) is 19.7 Å². The second kappa shape index (κ2) is 9.35. The smallest absolute Gasteiger partial charge is 0.338 e. The zero-order valence-corrected chi connectivity index (χ0v) is 18.4. The van der Waals surface area contributed by atoms with Crippen LogP contribution in [0.15, 0.2) is 36.4 Å². The number of ether oxygens (including phenoxy) is 3. The zero-order valence-electron chi connectivity index (χ0n) is 18.4. The van der Waals surface area contributed by atoms with Crippen LogP contribution in [0, 0.1) is 22.0 Å². The molecule has 10 nitrogen and oxygen atoms in total. The number of fused-ring (bicyclic) bond motifs is 1. The number of nitrogens with one attached hydrogen (secondary N) is 1. The Morgan fingerprint density at radius 3 is 2.58 bits per heavy atom. The first kappa shape index (κ1) is 22.4. The maximum absolute atomic E-state index is 12.4. The third-order valence-electron chi connectivity index (χ3n) is 5.61. The molecule has 0 bridgehead atoms. The van der Waals surface area contributed by atoms with Crippen LogP contribution in [-0.4, -0.2) is 43.3 Å². The first-order valence-electron chi connectivity index (χ1n) is 10.7. The number of carbonyl (C=O) groups is 2. The van der Waals surface area contributed by atoms with Gasteiger partial charge < -0.3 is 24.4 Å². The molecule has 2 aromatic carbocycles. The Morgan fingerprint density at radius 1 is 1.12 bits per heavy atom. The van der Waals surface area contributed by atoms with Gasteiger partial charge in [0.25, 0.3) is 11.6 Å². The summed E-state index contributed by atoms with van der Waals surface area (Å²) in [5.74, 6) is 0.561. The van der Waals surface area contributed by atoms with E-state index in [0.29, 0.717) is 34.7 Å². The molecule has 0 spiro atoms. The predicted octanol–water partition coefficient (Wildman–Crippen LogP) is 3.60. The highest BCUT2D eigenvalue weighted by molar-refractivity contribution is 5.96. The number of esters is 1. The minimum atomic E-state index is -0.814. The normalized spacial score (nSPS) is 19.2. The van der Waals surface area contributed by atoms with E-state index in [1.54, 1.807) is 24.3 Å². The number of anilines is 2. The third kappa shape index (κ3) is 5.16. The molecule has 1 fully saturated rings. The summed E-state index contributed by atoms with van der Waals surface area (Å²) in [5, 5.41) is 14.3. The van der Waals surface area contributed by atoms with Crippen molar-refractivity contribution >= 4 is 28.9 Å². The van der Waals surface area contributed by atoms with Crippen molar-refractivity contribution in [3.05, 3.63) is 52.1 Å². The van der Waals surface area contributed by atoms with Gasteiger partial charge >= 0.3 is 5.97 Å². The maximum atomic E-state index is 12.4. The lowest BCUT2D eigenvalue weighted by Gasteiger charge is -2.36. The van der Waals surface area contributed by atoms with Crippen molar-refractivity contribution in [1.29, 1.82) is 0 Å². The molecule has 2 aliphatic heterocycles. The molecule has 174 valence electrons. The number of rotatable bonds is 6. The van der Waals surface area contributed by atoms with Crippen LogP contribution in [0.4, 0.5) is 17.1 Å². The van der Waals surface area contributed by atoms with Gasteiger partial charge in [0, 0.05) is 30.9 Å². The number of piperidine rings is 1. The molecule has 2 aromatic rings. The number of hydrogen-bond acceptors (Lipinski definition) is 8. The molecule has 2 atom stereocenters. The SMILES string of the molecule is CC1CC(C)CN(c2ccc(C(=O)OCC(=O)Nc3ccc4c(c3)OCO4)cc2[N+](=O)[O-])C1. The Hall–Kier alpha value is -3.82. The van der Waals surface area contributed by atoms with Gasteiger partial charge in [-0.25, -0.2) is 4.79 Å². The highest BCUT2D eigenvalue weighted by Gasteiger charge is 2.28. The lowest BCUT2D eigenvalue weighted by atomic mass is 9.91. The number of nitro groups is 1. The average molecular weight is 455 g/mol. The van der Waals surface area contributed by atoms with E-state index < -0.39 is 23.4 Å². The van der Waals surface area contributed by atoms with Gasteiger partial charge in [-0.15, -0.1) is 0 Å². The van der Waals surface area contributed by atoms with Gasteiger partial charge in [-0.1, -0.05) is 13.8 Å². The van der Waals surface area contributed by atoms with Gasteiger partial charge in [0.2, 0.25) is 6.79 Å². The zero-order chi connectivity index (χ0) is 23.5. The highest BCUT2D eigenvalue weighted by atomic mass is 16.7. The lowest BCUT2D eigenvalue weighted by Crippen LogP contribution is -2.39. The second-order valence-electron chi connectivity index (χ2n) is 8.50. The Bertz CT molecular complexity index is 1080. The fourth-order valence-corrected chi connectivity index (χ4v) is 4.31. The Balaban J connectivity index is 1.40. The molecule has 2 heterocycles. The Labute approximate surface area is 190 Å². The summed E-state index contributed by atoms with van der Waals surface area (Å²) >= 11 is 0. The summed E-state index contributed by atoms with van der Waals surface area (Å²) in [6.07, 6.45) is 1.07. The van der Waals surface area contributed by atoms with Crippen LogP contribution in [-0.2, 0) is 9.53 Å². The predicted molar refractivity (Wildman–Crippen MR) is 120 cm³/mol. The summed E-state index contributed by atoms with van der Waals surface area (Å²) < 4.78 is 15.5. The molecular weight excluding hydrogens is 430 g/mol. The molecule has 33 heavy (non-hydrogen) atoms. The fraction of sp³-hybridized carbons (Fsp3) is 0.391. The average Bonchev–Trinajstić information content (AvgIpc) is 3.24. The van der Waals surface area contributed by atoms with Crippen LogP contribution >= 0.6 is 0 Å². The molecule has 0 radical (unpaired) electrons. The summed E-state index contributed by atoms with van der Waals surface area (Å²) in [6, 6.07) is 9.17. The first-order chi connectivity index (χ1) is 15.8. The lowest BCUT2D eigenvalue weighted by molar-refractivity contribution is -0.384. The van der Waals surface area contributed by atoms with Crippen LogP contribution in [0.1, 0.15) is 30.6 Å². The summed E-state index contributed by atoms with van der Waals surface area (Å²) in [5.41, 5.74) is 0.802. The van der Waals surface area contributed by atoms with E-state index in [0.717, 1.165) is 19.5 Å². The minimum absolute atomic E-state index is 0.0134. The van der Waals surface area contributed by atoms with Crippen molar-refractivity contribution in [2.45, 2.75) is 20.3 Å². The van der Waals surface area contributed by atoms with Crippen molar-refractivity contribution in [1.82, 2.24) is 0 Å². The van der Waals surface area contributed by atoms with Crippen molar-refractivity contribution in [2.24, 2.45) is 11.8 Å². The van der Waals surface area contributed by atoms with E-state index >= 15 is 0 Å². The van der Waals surface area contributed by atoms with Crippen LogP contribution in [0.25, 0.3) is 0 Å². The van der Waals surface area contributed by atoms with E-state index in [2.05, 4.69) is 19.2 Å². The standard InChI is InChI=1S/C23H25N3O7/c1-14-7-15(2)11-25(10-14)18-5-3-16(8-19(18)26(29)30)23(28)31-12-22(27)24-17-4-6-20-21(9-17)33-13-32-20/h3-6,8-9,14-15H,7,10-13H2,1-2H3,(H,24,27). The molecule has 0 saturated carbocycles. The number of amides is 1. The Kier molecular flexibility index (Phi) is 6.34. The molecule has 1 amide bonds. The van der Waals surface area contributed by atoms with Crippen molar-refractivity contribution in [2.75, 3.05) is 36.7 Å². The monoisotopic (exact) mass is 455 g/mol. The number of benzene rings is 2. The van der Waals surface area contributed by atoms with Crippen molar-refractivity contribution in [3.63, 3.8) is 0 Å². The van der Waals surface area contributed by atoms with Crippen molar-refractivity contribution < 1.29 is 28.7 Å². The number of carbonyl (C=O) groups excluding carboxylic acids is 2. The largest absolute Gasteiger partial charge is 0.454 e. The van der Waals surface area contributed by atoms with Crippen LogP contribution in [0.3, 0.4) is 0 Å². The first-order valence-corrected chi connectivity index (χ1v) is 10.7. The van der Waals surface area contributed by atoms with Gasteiger partial charge in [0.05, 0.1) is 10.5 Å².